The predicted octanol–water partition coefficient (Wildman–Crippen LogP) is 2.63. The third-order valence-corrected chi connectivity index (χ3v) is 5.42. The number of hydrogen-bond acceptors (Lipinski definition) is 3. The zero-order valence-electron chi connectivity index (χ0n) is 9.64. The molecule has 4 nitrogen and oxygen atoms in total. The van der Waals surface area contributed by atoms with Crippen LogP contribution in [0.1, 0.15) is 5.56 Å². The SMILES string of the molecule is NCc1cccc(OCCn2cnc(I)c2I)c1. The minimum atomic E-state index is 0.537. The molecule has 6 heteroatoms. The van der Waals surface area contributed by atoms with Crippen LogP contribution in [-0.4, -0.2) is 16.2 Å². The first kappa shape index (κ1) is 14.1. The van der Waals surface area contributed by atoms with Crippen LogP contribution in [0.2, 0.25) is 0 Å². The summed E-state index contributed by atoms with van der Waals surface area (Å²) in [6.07, 6.45) is 1.84. The molecule has 0 unspecified atom stereocenters. The van der Waals surface area contributed by atoms with Gasteiger partial charge in [0.25, 0.3) is 0 Å². The zero-order valence-corrected chi connectivity index (χ0v) is 14.0. The Morgan fingerprint density at radius 3 is 2.83 bits per heavy atom. The van der Waals surface area contributed by atoms with E-state index in [0.29, 0.717) is 13.2 Å². The summed E-state index contributed by atoms with van der Waals surface area (Å²) in [6, 6.07) is 7.87. The first-order valence-electron chi connectivity index (χ1n) is 5.48. The fraction of sp³-hybridized carbons (Fsp3) is 0.250. The number of rotatable bonds is 5. The lowest BCUT2D eigenvalue weighted by Crippen LogP contribution is -2.09. The standard InChI is InChI=1S/C12H13I2N3O/c13-11-12(14)17(8-16-11)4-5-18-10-3-1-2-9(6-10)7-15/h1-3,6,8H,4-5,7,15H2. The van der Waals surface area contributed by atoms with Crippen molar-refractivity contribution in [1.82, 2.24) is 9.55 Å². The molecule has 0 fully saturated rings. The molecule has 2 rings (SSSR count). The molecule has 0 aliphatic rings. The second-order valence-corrected chi connectivity index (χ2v) is 5.76. The average molecular weight is 469 g/mol. The maximum atomic E-state index is 5.71. The van der Waals surface area contributed by atoms with Gasteiger partial charge in [0, 0.05) is 6.54 Å². The molecule has 2 aromatic rings. The predicted molar refractivity (Wildman–Crippen MR) is 87.5 cm³/mol. The van der Waals surface area contributed by atoms with Gasteiger partial charge in [-0.25, -0.2) is 4.98 Å². The van der Waals surface area contributed by atoms with Crippen molar-refractivity contribution in [2.75, 3.05) is 6.61 Å². The highest BCUT2D eigenvalue weighted by atomic mass is 127. The molecule has 1 aromatic heterocycles. The van der Waals surface area contributed by atoms with Crippen molar-refractivity contribution in [2.24, 2.45) is 5.73 Å². The van der Waals surface area contributed by atoms with E-state index in [-0.39, 0.29) is 0 Å². The van der Waals surface area contributed by atoms with Gasteiger partial charge in [-0.2, -0.15) is 0 Å². The van der Waals surface area contributed by atoms with Gasteiger partial charge in [-0.05, 0) is 62.9 Å². The summed E-state index contributed by atoms with van der Waals surface area (Å²) in [4.78, 5) is 4.24. The van der Waals surface area contributed by atoms with Gasteiger partial charge < -0.3 is 15.0 Å². The lowest BCUT2D eigenvalue weighted by atomic mass is 10.2. The van der Waals surface area contributed by atoms with E-state index in [4.69, 9.17) is 10.5 Å². The van der Waals surface area contributed by atoms with Crippen LogP contribution in [0.5, 0.6) is 5.75 Å². The number of ether oxygens (including phenoxy) is 1. The lowest BCUT2D eigenvalue weighted by Gasteiger charge is -2.08. The van der Waals surface area contributed by atoms with Gasteiger partial charge in [0.2, 0.25) is 0 Å². The van der Waals surface area contributed by atoms with Crippen LogP contribution in [0, 0.1) is 7.40 Å². The molecule has 0 aliphatic heterocycles. The number of nitrogens with two attached hydrogens (primary N) is 1. The average Bonchev–Trinajstić information content (AvgIpc) is 2.71. The summed E-state index contributed by atoms with van der Waals surface area (Å²) in [5.74, 6) is 0.864. The Hall–Kier alpha value is -0.350. The summed E-state index contributed by atoms with van der Waals surface area (Å²) in [5.41, 5.74) is 6.67. The monoisotopic (exact) mass is 469 g/mol. The highest BCUT2D eigenvalue weighted by Gasteiger charge is 2.04. The quantitative estimate of drug-likeness (QED) is 0.686. The van der Waals surface area contributed by atoms with Crippen LogP contribution in [0.4, 0.5) is 0 Å². The van der Waals surface area contributed by atoms with Crippen LogP contribution in [0.3, 0.4) is 0 Å². The first-order valence-corrected chi connectivity index (χ1v) is 7.64. The van der Waals surface area contributed by atoms with Gasteiger partial charge in [0.1, 0.15) is 19.8 Å². The molecule has 0 saturated carbocycles. The Morgan fingerprint density at radius 2 is 2.17 bits per heavy atom. The van der Waals surface area contributed by atoms with Crippen LogP contribution in [0.15, 0.2) is 30.6 Å². The Bertz CT molecular complexity index is 528. The molecule has 0 amide bonds. The van der Waals surface area contributed by atoms with Crippen molar-refractivity contribution in [2.45, 2.75) is 13.1 Å². The molecular weight excluding hydrogens is 456 g/mol. The fourth-order valence-corrected chi connectivity index (χ4v) is 2.46. The number of nitrogens with zero attached hydrogens (tertiary/aromatic N) is 2. The number of aromatic nitrogens is 2. The van der Waals surface area contributed by atoms with E-state index in [2.05, 4.69) is 54.7 Å². The van der Waals surface area contributed by atoms with E-state index in [9.17, 15) is 0 Å². The van der Waals surface area contributed by atoms with Gasteiger partial charge in [0.05, 0.1) is 12.9 Å². The zero-order chi connectivity index (χ0) is 13.0. The van der Waals surface area contributed by atoms with Crippen LogP contribution >= 0.6 is 45.2 Å². The molecular formula is C12H13I2N3O. The molecule has 18 heavy (non-hydrogen) atoms. The van der Waals surface area contributed by atoms with Gasteiger partial charge >= 0.3 is 0 Å². The topological polar surface area (TPSA) is 53.1 Å². The molecule has 0 saturated heterocycles. The van der Waals surface area contributed by atoms with Gasteiger partial charge in [-0.1, -0.05) is 12.1 Å². The summed E-state index contributed by atoms with van der Waals surface area (Å²) in [7, 11) is 0. The molecule has 2 N–H and O–H groups in total. The van der Waals surface area contributed by atoms with Gasteiger partial charge in [-0.3, -0.25) is 0 Å². The summed E-state index contributed by atoms with van der Waals surface area (Å²) in [5, 5.41) is 0. The van der Waals surface area contributed by atoms with E-state index in [1.165, 1.54) is 0 Å². The highest BCUT2D eigenvalue weighted by Crippen LogP contribution is 2.15. The molecule has 0 bridgehead atoms. The number of halogens is 2. The maximum absolute atomic E-state index is 5.71. The molecule has 0 atom stereocenters. The van der Waals surface area contributed by atoms with Crippen molar-refractivity contribution < 1.29 is 4.74 Å². The molecule has 96 valence electrons. The third-order valence-electron chi connectivity index (χ3n) is 2.47. The second kappa shape index (κ2) is 6.71. The molecule has 0 spiro atoms. The third kappa shape index (κ3) is 3.58. The number of hydrogen-bond donors (Lipinski definition) is 1. The first-order chi connectivity index (χ1) is 8.70. The molecule has 1 heterocycles. The Morgan fingerprint density at radius 1 is 1.33 bits per heavy atom. The summed E-state index contributed by atoms with van der Waals surface area (Å²) in [6.45, 7) is 1.95. The van der Waals surface area contributed by atoms with Crippen molar-refractivity contribution >= 4 is 45.2 Å². The van der Waals surface area contributed by atoms with Crippen molar-refractivity contribution in [3.63, 3.8) is 0 Å². The fourth-order valence-electron chi connectivity index (χ4n) is 1.52. The molecule has 1 aromatic carbocycles. The Balaban J connectivity index is 1.90. The van der Waals surface area contributed by atoms with E-state index in [1.807, 2.05) is 30.6 Å². The minimum Gasteiger partial charge on any atom is -0.492 e. The van der Waals surface area contributed by atoms with Gasteiger partial charge in [-0.15, -0.1) is 0 Å². The Labute approximate surface area is 133 Å². The highest BCUT2D eigenvalue weighted by molar-refractivity contribution is 14.1. The number of imidazole rings is 1. The molecule has 0 radical (unpaired) electrons. The summed E-state index contributed by atoms with van der Waals surface area (Å²) < 4.78 is 9.96. The second-order valence-electron chi connectivity index (χ2n) is 3.72. The van der Waals surface area contributed by atoms with Crippen LogP contribution in [0.25, 0.3) is 0 Å². The summed E-state index contributed by atoms with van der Waals surface area (Å²) >= 11 is 4.51. The smallest absolute Gasteiger partial charge is 0.132 e. The van der Waals surface area contributed by atoms with Gasteiger partial charge in [0.15, 0.2) is 0 Å². The lowest BCUT2D eigenvalue weighted by molar-refractivity contribution is 0.297. The van der Waals surface area contributed by atoms with Crippen molar-refractivity contribution in [3.8, 4) is 5.75 Å². The normalized spacial score (nSPS) is 10.6. The van der Waals surface area contributed by atoms with E-state index in [1.54, 1.807) is 0 Å². The van der Waals surface area contributed by atoms with Crippen molar-refractivity contribution in [3.05, 3.63) is 43.6 Å². The van der Waals surface area contributed by atoms with Crippen LogP contribution in [-0.2, 0) is 13.1 Å². The largest absolute Gasteiger partial charge is 0.492 e. The Kier molecular flexibility index (Phi) is 5.25. The number of benzene rings is 1. The maximum Gasteiger partial charge on any atom is 0.132 e. The van der Waals surface area contributed by atoms with Crippen molar-refractivity contribution in [1.29, 1.82) is 0 Å². The van der Waals surface area contributed by atoms with E-state index in [0.717, 1.165) is 25.3 Å². The minimum absolute atomic E-state index is 0.537. The van der Waals surface area contributed by atoms with E-state index < -0.39 is 0 Å². The van der Waals surface area contributed by atoms with E-state index >= 15 is 0 Å². The van der Waals surface area contributed by atoms with Crippen LogP contribution < -0.4 is 10.5 Å². The molecule has 0 aliphatic carbocycles.